The van der Waals surface area contributed by atoms with Crippen LogP contribution in [0, 0.1) is 0 Å². The zero-order chi connectivity index (χ0) is 34.1. The van der Waals surface area contributed by atoms with Crippen molar-refractivity contribution in [2.45, 2.75) is 28.9 Å². The number of aryl methyl sites for hydroxylation is 1. The molecule has 3 nitrogen and oxygen atoms in total. The number of thiophene rings is 1. The van der Waals surface area contributed by atoms with Gasteiger partial charge in [0.1, 0.15) is 0 Å². The summed E-state index contributed by atoms with van der Waals surface area (Å²) in [6, 6.07) is 44.4. The zero-order valence-electron chi connectivity index (χ0n) is 28.5. The van der Waals surface area contributed by atoms with Gasteiger partial charge >= 0.3 is 0 Å². The Morgan fingerprint density at radius 2 is 1.47 bits per heavy atom. The zero-order valence-corrected chi connectivity index (χ0v) is 30.1. The molecule has 3 aromatic heterocycles. The number of benzene rings is 6. The first kappa shape index (κ1) is 28.0. The fraction of sp³-hybridized carbons (Fsp3) is 0.0851. The Morgan fingerprint density at radius 3 is 2.38 bits per heavy atom. The highest BCUT2D eigenvalue weighted by Gasteiger charge is 2.55. The second kappa shape index (κ2) is 9.70. The lowest BCUT2D eigenvalue weighted by Gasteiger charge is -2.46. The van der Waals surface area contributed by atoms with Crippen molar-refractivity contribution in [3.8, 4) is 27.9 Å². The van der Waals surface area contributed by atoms with Crippen molar-refractivity contribution in [2.24, 2.45) is 0 Å². The maximum Gasteiger partial charge on any atom is 0.246 e. The fourth-order valence-electron chi connectivity index (χ4n) is 10.9. The molecule has 14 rings (SSSR count). The molecule has 0 radical (unpaired) electrons. The van der Waals surface area contributed by atoms with E-state index >= 15 is 0 Å². The van der Waals surface area contributed by atoms with Gasteiger partial charge in [-0.05, 0) is 110 Å². The topological polar surface area (TPSA) is 21.1 Å². The average molecular weight is 710 g/mol. The van der Waals surface area contributed by atoms with Gasteiger partial charge in [-0.25, -0.2) is 0 Å². The molecule has 0 spiro atoms. The summed E-state index contributed by atoms with van der Waals surface area (Å²) >= 11 is 4.21. The second-order valence-corrected chi connectivity index (χ2v) is 17.5. The van der Waals surface area contributed by atoms with Crippen molar-refractivity contribution in [3.63, 3.8) is 0 Å². The van der Waals surface area contributed by atoms with E-state index in [4.69, 9.17) is 0 Å². The minimum absolute atomic E-state index is 0.193. The lowest BCUT2D eigenvalue weighted by Crippen LogP contribution is -2.61. The van der Waals surface area contributed by atoms with Crippen LogP contribution in [-0.2, 0) is 6.42 Å². The number of anilines is 2. The largest absolute Gasteiger partial charge is 0.333 e. The summed E-state index contributed by atoms with van der Waals surface area (Å²) in [6.07, 6.45) is 8.57. The van der Waals surface area contributed by atoms with Gasteiger partial charge in [-0.2, -0.15) is 0 Å². The number of rotatable bonds is 1. The smallest absolute Gasteiger partial charge is 0.246 e. The van der Waals surface area contributed by atoms with Crippen LogP contribution in [0.2, 0.25) is 0 Å². The molecular weight excluding hydrogens is 681 g/mol. The first-order valence-electron chi connectivity index (χ1n) is 18.7. The number of hydrogen-bond acceptors (Lipinski definition) is 4. The van der Waals surface area contributed by atoms with E-state index in [0.717, 1.165) is 12.8 Å². The molecule has 0 amide bonds. The molecule has 9 aromatic rings. The van der Waals surface area contributed by atoms with E-state index in [1.807, 2.05) is 12.4 Å². The fourth-order valence-corrected chi connectivity index (χ4v) is 14.1. The standard InChI is InChI=1S/C47H28BN3S2/c1-7-26-9-3-15-33-39(26)29(11-1)31-13-5-17-37-41(31)44-46(52-37)48-43-35(50(33)44)23-28(25-19-21-49-22-20-25)24-36(43)51-34-16-4-10-27-8-2-12-30(40(27)34)32-14-6-18-38-42(32)45(51)47(48)53-38/h1-5,7-13,15-24,44,46H,6,14H2. The van der Waals surface area contributed by atoms with Crippen LogP contribution in [0.1, 0.15) is 23.6 Å². The Labute approximate surface area is 313 Å². The molecule has 0 bridgehead atoms. The molecule has 1 aliphatic carbocycles. The average Bonchev–Trinajstić information content (AvgIpc) is 3.72. The normalized spacial score (nSPS) is 18.0. The first-order valence-corrected chi connectivity index (χ1v) is 20.4. The van der Waals surface area contributed by atoms with Gasteiger partial charge in [-0.3, -0.25) is 4.98 Å². The quantitative estimate of drug-likeness (QED) is 0.158. The third-order valence-electron chi connectivity index (χ3n) is 12.9. The number of pyridine rings is 1. The van der Waals surface area contributed by atoms with Crippen LogP contribution >= 0.6 is 23.1 Å². The molecule has 53 heavy (non-hydrogen) atoms. The molecule has 7 heterocycles. The highest BCUT2D eigenvalue weighted by atomic mass is 32.2. The lowest BCUT2D eigenvalue weighted by atomic mass is 9.36. The predicted octanol–water partition coefficient (Wildman–Crippen LogP) is 10.0. The molecule has 246 valence electrons. The Bertz CT molecular complexity index is 3240. The van der Waals surface area contributed by atoms with E-state index < -0.39 is 0 Å². The van der Waals surface area contributed by atoms with E-state index in [1.54, 1.807) is 0 Å². The van der Waals surface area contributed by atoms with Crippen LogP contribution in [0.5, 0.6) is 0 Å². The summed E-state index contributed by atoms with van der Waals surface area (Å²) in [7, 11) is 0. The molecule has 6 heteroatoms. The number of nitrogens with zero attached hydrogens (tertiary/aromatic N) is 3. The molecule has 0 fully saturated rings. The van der Waals surface area contributed by atoms with Gasteiger partial charge in [0.2, 0.25) is 6.71 Å². The van der Waals surface area contributed by atoms with Gasteiger partial charge in [0, 0.05) is 59.3 Å². The summed E-state index contributed by atoms with van der Waals surface area (Å²) in [5.41, 5.74) is 16.4. The number of hydrogen-bond donors (Lipinski definition) is 0. The van der Waals surface area contributed by atoms with E-state index in [2.05, 4.69) is 159 Å². The van der Waals surface area contributed by atoms with Crippen molar-refractivity contribution >= 4 is 101 Å². The highest BCUT2D eigenvalue weighted by Crippen LogP contribution is 2.61. The highest BCUT2D eigenvalue weighted by molar-refractivity contribution is 8.02. The SMILES string of the molecule is C1=c2sc3c4c2c(c2cccc5cccc(c52)n4-c2cc(-c4ccncc4)cc4c2B3C2Sc3cccc5c3C2N4c2cccc3cccc-5c23)CC1. The summed E-state index contributed by atoms with van der Waals surface area (Å²) < 4.78 is 5.69. The van der Waals surface area contributed by atoms with Crippen LogP contribution < -0.4 is 19.7 Å². The second-order valence-electron chi connectivity index (χ2n) is 15.2. The molecule has 6 aromatic carbocycles. The molecule has 5 aliphatic rings. The predicted molar refractivity (Wildman–Crippen MR) is 225 cm³/mol. The molecule has 0 N–H and O–H groups in total. The van der Waals surface area contributed by atoms with Gasteiger partial charge in [0.15, 0.2) is 0 Å². The monoisotopic (exact) mass is 709 g/mol. The van der Waals surface area contributed by atoms with Crippen molar-refractivity contribution in [2.75, 3.05) is 4.90 Å². The number of fused-ring (bicyclic) bond motifs is 8. The van der Waals surface area contributed by atoms with Crippen LogP contribution in [0.25, 0.3) is 77.4 Å². The summed E-state index contributed by atoms with van der Waals surface area (Å²) in [5, 5.41) is 8.54. The van der Waals surface area contributed by atoms with Crippen LogP contribution in [0.3, 0.4) is 0 Å². The molecule has 2 atom stereocenters. The summed E-state index contributed by atoms with van der Waals surface area (Å²) in [4.78, 5) is 8.65. The minimum Gasteiger partial charge on any atom is -0.333 e. The Morgan fingerprint density at radius 1 is 0.698 bits per heavy atom. The summed E-state index contributed by atoms with van der Waals surface area (Å²) in [6.45, 7) is 0.246. The van der Waals surface area contributed by atoms with Crippen LogP contribution in [-0.4, -0.2) is 21.4 Å². The molecule has 0 saturated heterocycles. The van der Waals surface area contributed by atoms with Crippen molar-refractivity contribution in [1.82, 2.24) is 9.55 Å². The first-order chi connectivity index (χ1) is 26.3. The number of aromatic nitrogens is 2. The maximum atomic E-state index is 4.44. The van der Waals surface area contributed by atoms with Gasteiger partial charge < -0.3 is 9.47 Å². The number of thioether (sulfide) groups is 1. The molecule has 2 unspecified atom stereocenters. The van der Waals surface area contributed by atoms with Gasteiger partial charge in [-0.1, -0.05) is 78.9 Å². The van der Waals surface area contributed by atoms with Gasteiger partial charge in [0.25, 0.3) is 0 Å². The van der Waals surface area contributed by atoms with E-state index in [0.29, 0.717) is 5.15 Å². The summed E-state index contributed by atoms with van der Waals surface area (Å²) in [5.74, 6) is 0. The molecule has 4 aliphatic heterocycles. The third kappa shape index (κ3) is 3.31. The van der Waals surface area contributed by atoms with E-state index in [9.17, 15) is 0 Å². The van der Waals surface area contributed by atoms with Crippen LogP contribution in [0.15, 0.2) is 133 Å². The molecule has 0 saturated carbocycles. The maximum absolute atomic E-state index is 4.44. The third-order valence-corrected chi connectivity index (χ3v) is 15.5. The van der Waals surface area contributed by atoms with Crippen LogP contribution in [0.4, 0.5) is 11.4 Å². The Kier molecular flexibility index (Phi) is 5.13. The Balaban J connectivity index is 1.23. The van der Waals surface area contributed by atoms with Gasteiger partial charge in [-0.15, -0.1) is 23.1 Å². The van der Waals surface area contributed by atoms with Crippen molar-refractivity contribution < 1.29 is 0 Å². The lowest BCUT2D eigenvalue weighted by molar-refractivity contribution is 0.752. The Hall–Kier alpha value is -5.56. The van der Waals surface area contributed by atoms with Crippen molar-refractivity contribution in [3.05, 3.63) is 143 Å². The van der Waals surface area contributed by atoms with E-state index in [-0.39, 0.29) is 12.8 Å². The molecular formula is C47H28BN3S2. The van der Waals surface area contributed by atoms with Crippen molar-refractivity contribution in [1.29, 1.82) is 0 Å². The van der Waals surface area contributed by atoms with E-state index in [1.165, 1.54) is 113 Å². The van der Waals surface area contributed by atoms with Gasteiger partial charge in [0.05, 0.1) is 22.8 Å². The minimum atomic E-state index is 0.193.